The minimum atomic E-state index is -0.267. The molecular formula is C9H11NO2. The molecule has 0 aromatic carbocycles. The number of carbonyl (C=O) groups is 1. The van der Waals surface area contributed by atoms with Gasteiger partial charge >= 0.3 is 5.97 Å². The second kappa shape index (κ2) is 3.76. The van der Waals surface area contributed by atoms with Gasteiger partial charge in [-0.1, -0.05) is 12.7 Å². The van der Waals surface area contributed by atoms with E-state index in [2.05, 4.69) is 11.3 Å². The van der Waals surface area contributed by atoms with Gasteiger partial charge in [0.2, 0.25) is 0 Å². The van der Waals surface area contributed by atoms with E-state index in [-0.39, 0.29) is 12.5 Å². The summed E-state index contributed by atoms with van der Waals surface area (Å²) >= 11 is 0. The summed E-state index contributed by atoms with van der Waals surface area (Å²) in [6.07, 6.45) is 7.34. The van der Waals surface area contributed by atoms with Crippen molar-refractivity contribution < 1.29 is 9.53 Å². The highest BCUT2D eigenvalue weighted by atomic mass is 16.5. The van der Waals surface area contributed by atoms with Crippen LogP contribution >= 0.6 is 0 Å². The van der Waals surface area contributed by atoms with E-state index >= 15 is 0 Å². The zero-order valence-electron chi connectivity index (χ0n) is 6.99. The Balaban J connectivity index is 2.53. The second-order valence-corrected chi connectivity index (χ2v) is 2.40. The van der Waals surface area contributed by atoms with Gasteiger partial charge in [-0.25, -0.2) is 0 Å². The highest BCUT2D eigenvalue weighted by Gasteiger charge is 2.09. The quantitative estimate of drug-likeness (QED) is 0.573. The molecule has 3 nitrogen and oxygen atoms in total. The minimum Gasteiger partial charge on any atom is -0.468 e. The first kappa shape index (κ1) is 8.59. The van der Waals surface area contributed by atoms with Crippen molar-refractivity contribution in [2.45, 2.75) is 0 Å². The van der Waals surface area contributed by atoms with Crippen LogP contribution in [-0.4, -0.2) is 24.5 Å². The summed E-state index contributed by atoms with van der Waals surface area (Å²) in [5, 5.41) is 0. The van der Waals surface area contributed by atoms with E-state index in [0.717, 1.165) is 5.70 Å². The third kappa shape index (κ3) is 1.99. The zero-order valence-corrected chi connectivity index (χ0v) is 6.99. The average molecular weight is 165 g/mol. The molecule has 0 aliphatic carbocycles. The molecule has 0 amide bonds. The van der Waals surface area contributed by atoms with Crippen molar-refractivity contribution in [1.82, 2.24) is 4.90 Å². The lowest BCUT2D eigenvalue weighted by atomic mass is 10.3. The second-order valence-electron chi connectivity index (χ2n) is 2.40. The third-order valence-electron chi connectivity index (χ3n) is 1.56. The molecule has 0 spiro atoms. The van der Waals surface area contributed by atoms with Crippen LogP contribution in [0.2, 0.25) is 0 Å². The fourth-order valence-corrected chi connectivity index (χ4v) is 0.870. The van der Waals surface area contributed by atoms with Gasteiger partial charge in [-0.05, 0) is 12.2 Å². The Morgan fingerprint density at radius 3 is 3.00 bits per heavy atom. The number of carbonyl (C=O) groups excluding carboxylic acids is 1. The zero-order chi connectivity index (χ0) is 8.97. The molecule has 0 unspecified atom stereocenters. The molecule has 0 bridgehead atoms. The van der Waals surface area contributed by atoms with Gasteiger partial charge in [-0.3, -0.25) is 4.79 Å². The maximum absolute atomic E-state index is 10.9. The average Bonchev–Trinajstić information content (AvgIpc) is 2.09. The van der Waals surface area contributed by atoms with E-state index in [4.69, 9.17) is 0 Å². The molecule has 1 heterocycles. The van der Waals surface area contributed by atoms with Crippen LogP contribution < -0.4 is 0 Å². The van der Waals surface area contributed by atoms with E-state index in [1.54, 1.807) is 11.1 Å². The molecule has 0 N–H and O–H groups in total. The van der Waals surface area contributed by atoms with E-state index in [1.807, 2.05) is 18.2 Å². The van der Waals surface area contributed by atoms with Crippen LogP contribution in [0.3, 0.4) is 0 Å². The van der Waals surface area contributed by atoms with Crippen LogP contribution in [0.15, 0.2) is 36.7 Å². The number of allylic oxidation sites excluding steroid dienone is 3. The summed E-state index contributed by atoms with van der Waals surface area (Å²) in [5.74, 6) is -0.267. The summed E-state index contributed by atoms with van der Waals surface area (Å²) < 4.78 is 4.52. The maximum atomic E-state index is 10.9. The van der Waals surface area contributed by atoms with Crippen LogP contribution in [0.25, 0.3) is 0 Å². The van der Waals surface area contributed by atoms with E-state index < -0.39 is 0 Å². The molecule has 1 rings (SSSR count). The molecule has 0 atom stereocenters. The number of methoxy groups -OCH3 is 1. The summed E-state index contributed by atoms with van der Waals surface area (Å²) in [4.78, 5) is 12.6. The number of hydrogen-bond acceptors (Lipinski definition) is 3. The van der Waals surface area contributed by atoms with Crippen molar-refractivity contribution in [3.63, 3.8) is 0 Å². The summed E-state index contributed by atoms with van der Waals surface area (Å²) in [6, 6.07) is 0. The van der Waals surface area contributed by atoms with Crippen molar-refractivity contribution in [2.24, 2.45) is 0 Å². The Bertz CT molecular complexity index is 253. The van der Waals surface area contributed by atoms with Gasteiger partial charge < -0.3 is 9.64 Å². The predicted molar refractivity (Wildman–Crippen MR) is 46.1 cm³/mol. The Kier molecular flexibility index (Phi) is 2.69. The number of rotatable bonds is 2. The minimum absolute atomic E-state index is 0.218. The highest BCUT2D eigenvalue weighted by molar-refractivity contribution is 5.72. The first-order valence-electron chi connectivity index (χ1n) is 3.61. The number of hydrogen-bond donors (Lipinski definition) is 0. The number of nitrogens with zero attached hydrogens (tertiary/aromatic N) is 1. The van der Waals surface area contributed by atoms with Gasteiger partial charge in [0.1, 0.15) is 6.54 Å². The van der Waals surface area contributed by atoms with E-state index in [9.17, 15) is 4.79 Å². The third-order valence-corrected chi connectivity index (χ3v) is 1.56. The fraction of sp³-hybridized carbons (Fsp3) is 0.222. The summed E-state index contributed by atoms with van der Waals surface area (Å²) in [5.41, 5.74) is 0.794. The molecule has 1 aliphatic rings. The summed E-state index contributed by atoms with van der Waals surface area (Å²) in [7, 11) is 1.37. The molecule has 12 heavy (non-hydrogen) atoms. The number of ether oxygens (including phenoxy) is 1. The first-order chi connectivity index (χ1) is 5.74. The van der Waals surface area contributed by atoms with Crippen LogP contribution in [0, 0.1) is 0 Å². The van der Waals surface area contributed by atoms with Crippen molar-refractivity contribution in [3.05, 3.63) is 36.7 Å². The molecule has 64 valence electrons. The van der Waals surface area contributed by atoms with Crippen LogP contribution in [-0.2, 0) is 9.53 Å². The maximum Gasteiger partial charge on any atom is 0.325 e. The molecule has 0 aromatic rings. The molecule has 0 aromatic heterocycles. The fourth-order valence-electron chi connectivity index (χ4n) is 0.870. The smallest absolute Gasteiger partial charge is 0.325 e. The molecule has 1 aliphatic heterocycles. The SMILES string of the molecule is C=C1C=CC=CN1CC(=O)OC. The lowest BCUT2D eigenvalue weighted by molar-refractivity contribution is -0.140. The molecule has 0 fully saturated rings. The number of esters is 1. The molecule has 0 saturated carbocycles. The normalized spacial score (nSPS) is 15.1. The van der Waals surface area contributed by atoms with Crippen LogP contribution in [0.1, 0.15) is 0 Å². The predicted octanol–water partition coefficient (Wildman–Crippen LogP) is 1.06. The lowest BCUT2D eigenvalue weighted by Crippen LogP contribution is -2.25. The van der Waals surface area contributed by atoms with Gasteiger partial charge in [0, 0.05) is 11.9 Å². The Morgan fingerprint density at radius 2 is 2.42 bits per heavy atom. The Hall–Kier alpha value is -1.51. The molecule has 3 heteroatoms. The van der Waals surface area contributed by atoms with E-state index in [1.165, 1.54) is 7.11 Å². The highest BCUT2D eigenvalue weighted by Crippen LogP contribution is 2.08. The molecule has 0 radical (unpaired) electrons. The Morgan fingerprint density at radius 1 is 1.67 bits per heavy atom. The van der Waals surface area contributed by atoms with Crippen molar-refractivity contribution in [2.75, 3.05) is 13.7 Å². The lowest BCUT2D eigenvalue weighted by Gasteiger charge is -2.20. The largest absolute Gasteiger partial charge is 0.468 e. The summed E-state index contributed by atoms with van der Waals surface area (Å²) in [6.45, 7) is 3.98. The van der Waals surface area contributed by atoms with Crippen LogP contribution in [0.4, 0.5) is 0 Å². The van der Waals surface area contributed by atoms with E-state index in [0.29, 0.717) is 0 Å². The molecular weight excluding hydrogens is 154 g/mol. The van der Waals surface area contributed by atoms with Gasteiger partial charge in [-0.15, -0.1) is 0 Å². The van der Waals surface area contributed by atoms with Crippen molar-refractivity contribution in [1.29, 1.82) is 0 Å². The topological polar surface area (TPSA) is 29.5 Å². The van der Waals surface area contributed by atoms with Gasteiger partial charge in [0.05, 0.1) is 7.11 Å². The Labute approximate surface area is 71.6 Å². The molecule has 0 saturated heterocycles. The van der Waals surface area contributed by atoms with Crippen molar-refractivity contribution in [3.8, 4) is 0 Å². The van der Waals surface area contributed by atoms with Gasteiger partial charge in [0.15, 0.2) is 0 Å². The first-order valence-corrected chi connectivity index (χ1v) is 3.61. The monoisotopic (exact) mass is 165 g/mol. The van der Waals surface area contributed by atoms with Crippen molar-refractivity contribution >= 4 is 5.97 Å². The standard InChI is InChI=1S/C9H11NO2/c1-8-5-3-4-6-10(8)7-9(11)12-2/h3-6H,1,7H2,2H3. The van der Waals surface area contributed by atoms with Gasteiger partial charge in [-0.2, -0.15) is 0 Å². The van der Waals surface area contributed by atoms with Gasteiger partial charge in [0.25, 0.3) is 0 Å². The van der Waals surface area contributed by atoms with Crippen LogP contribution in [0.5, 0.6) is 0 Å².